The predicted octanol–water partition coefficient (Wildman–Crippen LogP) is 0.0798. The molecule has 1 saturated heterocycles. The maximum Gasteiger partial charge on any atom is 0.506 e. The Kier molecular flexibility index (Phi) is 1.34. The van der Waals surface area contributed by atoms with Gasteiger partial charge in [0.25, 0.3) is 0 Å². The average molecular weight is 118 g/mol. The van der Waals surface area contributed by atoms with Gasteiger partial charge in [-0.3, -0.25) is 0 Å². The molecule has 1 aliphatic rings. The highest BCUT2D eigenvalue weighted by Crippen LogP contribution is 2.04. The van der Waals surface area contributed by atoms with Gasteiger partial charge in [-0.05, 0) is 0 Å². The standard InChI is InChI=1S/C4H6O4/c5-4(6)8-3-1-7-2-3/h3H,1-2H2,(H,5,6). The lowest BCUT2D eigenvalue weighted by Crippen LogP contribution is -2.37. The van der Waals surface area contributed by atoms with Crippen molar-refractivity contribution in [3.05, 3.63) is 0 Å². The normalized spacial score (nSPS) is 19.5. The molecule has 0 aromatic carbocycles. The molecule has 0 bridgehead atoms. The monoisotopic (exact) mass is 118 g/mol. The molecular formula is C4H6O4. The van der Waals surface area contributed by atoms with Crippen LogP contribution in [0.25, 0.3) is 0 Å². The molecule has 4 heteroatoms. The van der Waals surface area contributed by atoms with E-state index in [9.17, 15) is 4.79 Å². The van der Waals surface area contributed by atoms with E-state index in [0.29, 0.717) is 13.2 Å². The third-order valence-corrected chi connectivity index (χ3v) is 0.875. The Balaban J connectivity index is 2.09. The first-order valence-corrected chi connectivity index (χ1v) is 2.26. The minimum atomic E-state index is -1.22. The Hall–Kier alpha value is -0.770. The van der Waals surface area contributed by atoms with E-state index in [1.165, 1.54) is 0 Å². The molecule has 0 radical (unpaired) electrons. The van der Waals surface area contributed by atoms with Crippen LogP contribution in [0.3, 0.4) is 0 Å². The van der Waals surface area contributed by atoms with E-state index in [0.717, 1.165) is 0 Å². The number of carboxylic acid groups (broad SMARTS) is 1. The van der Waals surface area contributed by atoms with Crippen molar-refractivity contribution in [3.8, 4) is 0 Å². The van der Waals surface area contributed by atoms with Crippen molar-refractivity contribution in [1.82, 2.24) is 0 Å². The van der Waals surface area contributed by atoms with Crippen molar-refractivity contribution in [3.63, 3.8) is 0 Å². The molecule has 1 fully saturated rings. The first-order chi connectivity index (χ1) is 3.79. The minimum absolute atomic E-state index is 0.215. The minimum Gasteiger partial charge on any atom is -0.450 e. The molecule has 4 nitrogen and oxygen atoms in total. The second kappa shape index (κ2) is 2.00. The van der Waals surface area contributed by atoms with Crippen molar-refractivity contribution in [1.29, 1.82) is 0 Å². The van der Waals surface area contributed by atoms with Crippen molar-refractivity contribution < 1.29 is 19.4 Å². The highest BCUT2D eigenvalue weighted by molar-refractivity contribution is 5.57. The molecule has 0 aromatic rings. The fourth-order valence-corrected chi connectivity index (χ4v) is 0.425. The smallest absolute Gasteiger partial charge is 0.450 e. The summed E-state index contributed by atoms with van der Waals surface area (Å²) in [4.78, 5) is 9.72. The van der Waals surface area contributed by atoms with Gasteiger partial charge in [0.15, 0.2) is 6.10 Å². The zero-order valence-corrected chi connectivity index (χ0v) is 4.16. The quantitative estimate of drug-likeness (QED) is 0.495. The number of rotatable bonds is 1. The van der Waals surface area contributed by atoms with Gasteiger partial charge in [-0.2, -0.15) is 0 Å². The number of carbonyl (C=O) groups is 1. The second-order valence-corrected chi connectivity index (χ2v) is 1.54. The summed E-state index contributed by atoms with van der Waals surface area (Å²) in [5.74, 6) is 0. The second-order valence-electron chi connectivity index (χ2n) is 1.54. The first kappa shape index (κ1) is 5.37. The van der Waals surface area contributed by atoms with Crippen LogP contribution in [0.5, 0.6) is 0 Å². The molecule has 0 aliphatic carbocycles. The Morgan fingerprint density at radius 1 is 1.75 bits per heavy atom. The van der Waals surface area contributed by atoms with Crippen molar-refractivity contribution in [2.75, 3.05) is 13.2 Å². The zero-order valence-electron chi connectivity index (χ0n) is 4.16. The molecule has 0 atom stereocenters. The molecule has 8 heavy (non-hydrogen) atoms. The van der Waals surface area contributed by atoms with E-state index in [1.807, 2.05) is 0 Å². The highest BCUT2D eigenvalue weighted by Gasteiger charge is 2.21. The SMILES string of the molecule is O=C(O)OC1COC1. The molecule has 1 heterocycles. The largest absolute Gasteiger partial charge is 0.506 e. The van der Waals surface area contributed by atoms with E-state index in [4.69, 9.17) is 5.11 Å². The lowest BCUT2D eigenvalue weighted by molar-refractivity contribution is -0.108. The van der Waals surface area contributed by atoms with Gasteiger partial charge in [0.1, 0.15) is 0 Å². The van der Waals surface area contributed by atoms with E-state index >= 15 is 0 Å². The molecule has 0 unspecified atom stereocenters. The van der Waals surface area contributed by atoms with Crippen LogP contribution in [0, 0.1) is 0 Å². The van der Waals surface area contributed by atoms with Gasteiger partial charge in [0.05, 0.1) is 13.2 Å². The molecule has 1 N–H and O–H groups in total. The van der Waals surface area contributed by atoms with Gasteiger partial charge in [-0.15, -0.1) is 0 Å². The van der Waals surface area contributed by atoms with Crippen LogP contribution in [0.4, 0.5) is 4.79 Å². The molecule has 0 saturated carbocycles. The summed E-state index contributed by atoms with van der Waals surface area (Å²) in [5, 5.41) is 7.97. The third kappa shape index (κ3) is 1.10. The summed E-state index contributed by atoms with van der Waals surface area (Å²) in [6, 6.07) is 0. The van der Waals surface area contributed by atoms with E-state index in [1.54, 1.807) is 0 Å². The lowest BCUT2D eigenvalue weighted by atomic mass is 10.3. The van der Waals surface area contributed by atoms with Crippen LogP contribution in [0.1, 0.15) is 0 Å². The number of ether oxygens (including phenoxy) is 2. The summed E-state index contributed by atoms with van der Waals surface area (Å²) in [6.45, 7) is 0.818. The van der Waals surface area contributed by atoms with Gasteiger partial charge in [-0.1, -0.05) is 0 Å². The number of hydrogen-bond acceptors (Lipinski definition) is 3. The van der Waals surface area contributed by atoms with Crippen LogP contribution in [0.15, 0.2) is 0 Å². The average Bonchev–Trinajstić information content (AvgIpc) is 1.55. The maximum atomic E-state index is 9.72. The molecule has 0 aromatic heterocycles. The lowest BCUT2D eigenvalue weighted by Gasteiger charge is -2.23. The Morgan fingerprint density at radius 2 is 2.38 bits per heavy atom. The van der Waals surface area contributed by atoms with Crippen molar-refractivity contribution in [2.24, 2.45) is 0 Å². The van der Waals surface area contributed by atoms with E-state index in [-0.39, 0.29) is 6.10 Å². The van der Waals surface area contributed by atoms with Gasteiger partial charge in [0.2, 0.25) is 0 Å². The van der Waals surface area contributed by atoms with Crippen LogP contribution < -0.4 is 0 Å². The van der Waals surface area contributed by atoms with E-state index < -0.39 is 6.16 Å². The third-order valence-electron chi connectivity index (χ3n) is 0.875. The summed E-state index contributed by atoms with van der Waals surface area (Å²) in [6.07, 6.45) is -1.44. The molecular weight excluding hydrogens is 112 g/mol. The molecule has 1 aliphatic heterocycles. The van der Waals surface area contributed by atoms with Crippen LogP contribution in [-0.2, 0) is 9.47 Å². The summed E-state index contributed by atoms with van der Waals surface area (Å²) in [5.41, 5.74) is 0. The number of hydrogen-bond donors (Lipinski definition) is 1. The Bertz CT molecular complexity index is 96.2. The Labute approximate surface area is 46.0 Å². The van der Waals surface area contributed by atoms with Gasteiger partial charge in [-0.25, -0.2) is 4.79 Å². The maximum absolute atomic E-state index is 9.72. The molecule has 46 valence electrons. The zero-order chi connectivity index (χ0) is 5.98. The summed E-state index contributed by atoms with van der Waals surface area (Å²) in [7, 11) is 0. The van der Waals surface area contributed by atoms with E-state index in [2.05, 4.69) is 9.47 Å². The summed E-state index contributed by atoms with van der Waals surface area (Å²) < 4.78 is 8.93. The van der Waals surface area contributed by atoms with Gasteiger partial charge in [0, 0.05) is 0 Å². The topological polar surface area (TPSA) is 55.8 Å². The Morgan fingerprint density at radius 3 is 2.50 bits per heavy atom. The molecule has 0 amide bonds. The van der Waals surface area contributed by atoms with Crippen LogP contribution in [-0.4, -0.2) is 30.6 Å². The van der Waals surface area contributed by atoms with Crippen molar-refractivity contribution in [2.45, 2.75) is 6.10 Å². The van der Waals surface area contributed by atoms with Gasteiger partial charge < -0.3 is 14.6 Å². The first-order valence-electron chi connectivity index (χ1n) is 2.26. The fourth-order valence-electron chi connectivity index (χ4n) is 0.425. The summed E-state index contributed by atoms with van der Waals surface area (Å²) >= 11 is 0. The highest BCUT2D eigenvalue weighted by atomic mass is 16.7. The van der Waals surface area contributed by atoms with Crippen molar-refractivity contribution >= 4 is 6.16 Å². The predicted molar refractivity (Wildman–Crippen MR) is 23.7 cm³/mol. The molecule has 0 spiro atoms. The molecule has 1 rings (SSSR count). The van der Waals surface area contributed by atoms with Gasteiger partial charge >= 0.3 is 6.16 Å². The van der Waals surface area contributed by atoms with Crippen LogP contribution >= 0.6 is 0 Å². The van der Waals surface area contributed by atoms with Crippen LogP contribution in [0.2, 0.25) is 0 Å². The fraction of sp³-hybridized carbons (Fsp3) is 0.750.